The fraction of sp³-hybridized carbons (Fsp3) is 0.469. The molecule has 41 heavy (non-hydrogen) atoms. The first-order valence-corrected chi connectivity index (χ1v) is 15.0. The number of nitrogens with zero attached hydrogens (tertiary/aromatic N) is 6. The Kier molecular flexibility index (Phi) is 9.30. The Morgan fingerprint density at radius 2 is 1.93 bits per heavy atom. The molecule has 9 heteroatoms. The molecule has 1 amide bonds. The van der Waals surface area contributed by atoms with Gasteiger partial charge in [-0.1, -0.05) is 49.0 Å². The van der Waals surface area contributed by atoms with Gasteiger partial charge in [0.1, 0.15) is 12.4 Å². The lowest BCUT2D eigenvalue weighted by molar-refractivity contribution is -0.126. The number of halogens is 1. The van der Waals surface area contributed by atoms with E-state index in [1.807, 2.05) is 17.9 Å². The average molecular weight is 577 g/mol. The number of benzene rings is 1. The maximum Gasteiger partial charge on any atom is 0.318 e. The van der Waals surface area contributed by atoms with E-state index in [9.17, 15) is 4.79 Å². The van der Waals surface area contributed by atoms with Gasteiger partial charge in [-0.15, -0.1) is 0 Å². The molecule has 0 radical (unpaired) electrons. The fourth-order valence-corrected chi connectivity index (χ4v) is 6.39. The molecule has 5 rings (SSSR count). The highest BCUT2D eigenvalue weighted by Crippen LogP contribution is 2.36. The molecule has 2 fully saturated rings. The van der Waals surface area contributed by atoms with Crippen LogP contribution in [-0.4, -0.2) is 84.6 Å². The molecule has 2 aromatic rings. The zero-order chi connectivity index (χ0) is 28.9. The Morgan fingerprint density at radius 1 is 1.12 bits per heavy atom. The fourth-order valence-electron chi connectivity index (χ4n) is 6.18. The molecule has 3 aliphatic heterocycles. The first-order chi connectivity index (χ1) is 19.9. The number of likely N-dealkylation sites (N-methyl/N-ethyl adjacent to an activating group) is 1. The molecule has 0 N–H and O–H groups in total. The average Bonchev–Trinajstić information content (AvgIpc) is 3.27. The van der Waals surface area contributed by atoms with Crippen molar-refractivity contribution in [2.45, 2.75) is 45.2 Å². The Balaban J connectivity index is 1.49. The van der Waals surface area contributed by atoms with Crippen molar-refractivity contribution in [3.63, 3.8) is 0 Å². The van der Waals surface area contributed by atoms with Crippen LogP contribution in [0.25, 0.3) is 11.1 Å². The normalized spacial score (nSPS) is 19.8. The van der Waals surface area contributed by atoms with Gasteiger partial charge in [0.25, 0.3) is 0 Å². The van der Waals surface area contributed by atoms with Crippen LogP contribution < -0.4 is 14.5 Å². The second-order valence-corrected chi connectivity index (χ2v) is 11.5. The summed E-state index contributed by atoms with van der Waals surface area (Å²) in [5, 5.41) is 0.526. The molecule has 0 aliphatic carbocycles. The summed E-state index contributed by atoms with van der Waals surface area (Å²) in [5.74, 6) is 0.908. The highest BCUT2D eigenvalue weighted by Gasteiger charge is 2.29. The molecule has 1 aromatic heterocycles. The van der Waals surface area contributed by atoms with Crippen molar-refractivity contribution < 1.29 is 9.53 Å². The predicted molar refractivity (Wildman–Crippen MR) is 168 cm³/mol. The number of ether oxygens (including phenoxy) is 1. The van der Waals surface area contributed by atoms with Gasteiger partial charge in [0.2, 0.25) is 5.91 Å². The molecule has 2 saturated heterocycles. The number of carbonyl (C=O) groups excluding carboxylic acids is 1. The lowest BCUT2D eigenvalue weighted by Gasteiger charge is -2.36. The van der Waals surface area contributed by atoms with E-state index >= 15 is 0 Å². The van der Waals surface area contributed by atoms with Crippen molar-refractivity contribution in [2.75, 3.05) is 62.7 Å². The number of carbonyl (C=O) groups is 1. The van der Waals surface area contributed by atoms with Gasteiger partial charge in [0.15, 0.2) is 0 Å². The van der Waals surface area contributed by atoms with Crippen molar-refractivity contribution in [1.82, 2.24) is 19.8 Å². The molecule has 1 aromatic carbocycles. The van der Waals surface area contributed by atoms with Crippen molar-refractivity contribution in [1.29, 1.82) is 0 Å². The van der Waals surface area contributed by atoms with Crippen LogP contribution in [-0.2, 0) is 17.8 Å². The minimum absolute atomic E-state index is 0.0247. The van der Waals surface area contributed by atoms with E-state index in [-0.39, 0.29) is 5.91 Å². The zero-order valence-corrected chi connectivity index (χ0v) is 25.1. The van der Waals surface area contributed by atoms with Crippen LogP contribution in [0.2, 0.25) is 0 Å². The first-order valence-electron chi connectivity index (χ1n) is 14.6. The van der Waals surface area contributed by atoms with Crippen molar-refractivity contribution in [2.24, 2.45) is 0 Å². The highest BCUT2D eigenvalue weighted by molar-refractivity contribution is 6.49. The van der Waals surface area contributed by atoms with Crippen molar-refractivity contribution in [3.05, 3.63) is 65.9 Å². The third kappa shape index (κ3) is 6.44. The summed E-state index contributed by atoms with van der Waals surface area (Å²) < 4.78 is 6.30. The molecular weight excluding hydrogens is 536 g/mol. The largest absolute Gasteiger partial charge is 0.462 e. The van der Waals surface area contributed by atoms with Crippen LogP contribution >= 0.6 is 11.6 Å². The van der Waals surface area contributed by atoms with E-state index in [1.165, 1.54) is 12.5 Å². The minimum atomic E-state index is -0.0247. The third-order valence-corrected chi connectivity index (χ3v) is 8.61. The topological polar surface area (TPSA) is 65.0 Å². The number of rotatable bonds is 8. The lowest BCUT2D eigenvalue weighted by Crippen LogP contribution is -2.49. The third-order valence-electron chi connectivity index (χ3n) is 8.42. The highest BCUT2D eigenvalue weighted by atomic mass is 35.5. The number of likely N-dealkylation sites (tertiary alicyclic amines) is 1. The maximum absolute atomic E-state index is 12.2. The molecule has 0 bridgehead atoms. The van der Waals surface area contributed by atoms with Gasteiger partial charge >= 0.3 is 6.01 Å². The Labute approximate surface area is 248 Å². The van der Waals surface area contributed by atoms with Crippen LogP contribution in [0.3, 0.4) is 0 Å². The molecule has 218 valence electrons. The van der Waals surface area contributed by atoms with Crippen LogP contribution in [0, 0.1) is 0 Å². The minimum Gasteiger partial charge on any atom is -0.462 e. The summed E-state index contributed by atoms with van der Waals surface area (Å²) in [7, 11) is 2.15. The van der Waals surface area contributed by atoms with Crippen LogP contribution in [0.1, 0.15) is 48.6 Å². The lowest BCUT2D eigenvalue weighted by atomic mass is 10.0. The van der Waals surface area contributed by atoms with Crippen LogP contribution in [0.5, 0.6) is 6.01 Å². The maximum atomic E-state index is 12.2. The Bertz CT molecular complexity index is 1320. The monoisotopic (exact) mass is 576 g/mol. The predicted octanol–water partition coefficient (Wildman–Crippen LogP) is 4.98. The zero-order valence-electron chi connectivity index (χ0n) is 24.3. The van der Waals surface area contributed by atoms with Crippen molar-refractivity contribution in [3.8, 4) is 6.01 Å². The number of aromatic nitrogens is 2. The Hall–Kier alpha value is -3.36. The molecule has 1 atom stereocenters. The number of allylic oxidation sites excluding steroid dienone is 1. The van der Waals surface area contributed by atoms with E-state index < -0.39 is 0 Å². The van der Waals surface area contributed by atoms with Crippen molar-refractivity contribution >= 4 is 40.1 Å². The van der Waals surface area contributed by atoms with Gasteiger partial charge in [0.05, 0.1) is 12.2 Å². The second kappa shape index (κ2) is 13.1. The molecule has 0 spiro atoms. The molecular formula is C32H41ClN6O2. The number of amides is 1. The van der Waals surface area contributed by atoms with Gasteiger partial charge in [-0.05, 0) is 63.9 Å². The quantitative estimate of drug-likeness (QED) is 0.411. The van der Waals surface area contributed by atoms with E-state index in [0.29, 0.717) is 56.4 Å². The van der Waals surface area contributed by atoms with Gasteiger partial charge in [-0.25, -0.2) is 0 Å². The summed E-state index contributed by atoms with van der Waals surface area (Å²) in [6.07, 6.45) is 9.60. The van der Waals surface area contributed by atoms with Crippen LogP contribution in [0.4, 0.5) is 11.5 Å². The molecule has 3 aliphatic rings. The van der Waals surface area contributed by atoms with Crippen LogP contribution in [0.15, 0.2) is 43.5 Å². The van der Waals surface area contributed by atoms with Gasteiger partial charge < -0.3 is 24.3 Å². The first kappa shape index (κ1) is 29.1. The smallest absolute Gasteiger partial charge is 0.318 e. The van der Waals surface area contributed by atoms with E-state index in [4.69, 9.17) is 26.3 Å². The molecule has 0 saturated carbocycles. The summed E-state index contributed by atoms with van der Waals surface area (Å²) in [6, 6.07) is 7.06. The summed E-state index contributed by atoms with van der Waals surface area (Å²) in [4.78, 5) is 31.0. The van der Waals surface area contributed by atoms with E-state index in [2.05, 4.69) is 59.2 Å². The standard InChI is InChI=1S/C32H41ClN6O2/c1-5-10-24-11-7-14-28(30(24)23(3)33)39-16-9-13-26-27(21-39)34-32(41-22-25-12-8-15-36(25)4)35-31(26)38-19-17-37(18-20-38)29(40)6-2/h5-7,10-11,14,25H,2-3,8-9,12-13,15-22H2,1,4H3/b10-5-/t25-/m0/s1. The number of fused-ring (bicyclic) bond motifs is 1. The number of hydrogen-bond donors (Lipinski definition) is 0. The SMILES string of the molecule is C=CC(=O)N1CCN(c2nc(OC[C@@H]3CCCN3C)nc3c2CCCN(c2cccc(/C=C\C)c2C(=C)Cl)C3)CC1. The molecule has 8 nitrogen and oxygen atoms in total. The second-order valence-electron chi connectivity index (χ2n) is 11.0. The number of hydrogen-bond acceptors (Lipinski definition) is 7. The van der Waals surface area contributed by atoms with Gasteiger partial charge in [-0.3, -0.25) is 4.79 Å². The number of anilines is 2. The summed E-state index contributed by atoms with van der Waals surface area (Å²) >= 11 is 6.58. The number of piperazine rings is 1. The summed E-state index contributed by atoms with van der Waals surface area (Å²) in [6.45, 7) is 15.6. The molecule has 0 unspecified atom stereocenters. The molecule has 4 heterocycles. The van der Waals surface area contributed by atoms with Gasteiger partial charge in [-0.2, -0.15) is 9.97 Å². The Morgan fingerprint density at radius 3 is 2.61 bits per heavy atom. The van der Waals surface area contributed by atoms with Gasteiger partial charge in [0, 0.05) is 60.6 Å². The van der Waals surface area contributed by atoms with E-state index in [1.54, 1.807) is 0 Å². The summed E-state index contributed by atoms with van der Waals surface area (Å²) in [5.41, 5.74) is 5.20. The van der Waals surface area contributed by atoms with E-state index in [0.717, 1.165) is 66.2 Å².